The Bertz CT molecular complexity index is 371. The summed E-state index contributed by atoms with van der Waals surface area (Å²) in [5.74, 6) is 0. The molecule has 0 saturated carbocycles. The lowest BCUT2D eigenvalue weighted by Gasteiger charge is -2.25. The first-order valence-electron chi connectivity index (χ1n) is 7.04. The van der Waals surface area contributed by atoms with Crippen molar-refractivity contribution >= 4 is 13.5 Å². The molecule has 1 atom stereocenters. The van der Waals surface area contributed by atoms with Gasteiger partial charge in [-0.25, -0.2) is 0 Å². The lowest BCUT2D eigenvalue weighted by atomic mass is 10.0. The van der Waals surface area contributed by atoms with E-state index in [-0.39, 0.29) is 0 Å². The summed E-state index contributed by atoms with van der Waals surface area (Å²) in [4.78, 5) is 0. The van der Waals surface area contributed by atoms with Crippen LogP contribution in [0.4, 0.5) is 0 Å². The van der Waals surface area contributed by atoms with Crippen LogP contribution in [0.1, 0.15) is 51.7 Å². The van der Waals surface area contributed by atoms with Gasteiger partial charge in [0.1, 0.15) is 0 Å². The molecule has 0 aliphatic carbocycles. The van der Waals surface area contributed by atoms with Crippen LogP contribution in [0.2, 0.25) is 12.1 Å². The summed E-state index contributed by atoms with van der Waals surface area (Å²) in [7, 11) is -1.61. The molecular weight excluding hydrogens is 224 g/mol. The summed E-state index contributed by atoms with van der Waals surface area (Å²) in [5.41, 5.74) is 1.50. The van der Waals surface area contributed by atoms with Crippen LogP contribution in [-0.2, 0) is 4.43 Å². The molecule has 1 unspecified atom stereocenters. The monoisotopic (exact) mass is 248 g/mol. The number of benzene rings is 1. The van der Waals surface area contributed by atoms with Crippen molar-refractivity contribution in [3.63, 3.8) is 0 Å². The zero-order valence-electron chi connectivity index (χ0n) is 11.3. The van der Waals surface area contributed by atoms with Crippen LogP contribution in [0.25, 0.3) is 0 Å². The van der Waals surface area contributed by atoms with Crippen LogP contribution in [0.15, 0.2) is 24.3 Å². The zero-order chi connectivity index (χ0) is 12.3. The van der Waals surface area contributed by atoms with Crippen molar-refractivity contribution in [2.45, 2.75) is 58.2 Å². The molecule has 2 heteroatoms. The van der Waals surface area contributed by atoms with E-state index in [0.717, 1.165) is 0 Å². The van der Waals surface area contributed by atoms with Crippen molar-refractivity contribution in [1.82, 2.24) is 0 Å². The van der Waals surface area contributed by atoms with Crippen LogP contribution < -0.4 is 5.19 Å². The van der Waals surface area contributed by atoms with E-state index in [9.17, 15) is 0 Å². The summed E-state index contributed by atoms with van der Waals surface area (Å²) in [6.45, 7) is 6.86. The van der Waals surface area contributed by atoms with Crippen LogP contribution in [0, 0.1) is 0 Å². The minimum atomic E-state index is -1.61. The standard InChI is InChI=1S/C15H24OSi/c1-4-7-11-14-13-10-8-9-12-15(13)17(5-2,6-3)16-14/h8-10,12,14H,4-7,11H2,1-3H3. The molecule has 0 amide bonds. The van der Waals surface area contributed by atoms with Gasteiger partial charge in [-0.05, 0) is 29.3 Å². The molecule has 1 aromatic rings. The highest BCUT2D eigenvalue weighted by atomic mass is 28.4. The molecule has 1 aliphatic rings. The third-order valence-electron chi connectivity index (χ3n) is 4.13. The van der Waals surface area contributed by atoms with Crippen LogP contribution in [0.5, 0.6) is 0 Å². The molecule has 0 bridgehead atoms. The SMILES string of the molecule is CCCCC1O[Si](CC)(CC)c2ccccc21. The lowest BCUT2D eigenvalue weighted by Crippen LogP contribution is -2.45. The Hall–Kier alpha value is -0.603. The van der Waals surface area contributed by atoms with E-state index in [0.29, 0.717) is 6.10 Å². The van der Waals surface area contributed by atoms with Crippen molar-refractivity contribution in [2.24, 2.45) is 0 Å². The van der Waals surface area contributed by atoms with Gasteiger partial charge in [0.25, 0.3) is 0 Å². The number of fused-ring (bicyclic) bond motifs is 1. The second-order valence-corrected chi connectivity index (χ2v) is 9.21. The van der Waals surface area contributed by atoms with Gasteiger partial charge in [0.2, 0.25) is 8.32 Å². The summed E-state index contributed by atoms with van der Waals surface area (Å²) < 4.78 is 6.56. The molecule has 0 N–H and O–H groups in total. The first-order valence-corrected chi connectivity index (χ1v) is 9.36. The summed E-state index contributed by atoms with van der Waals surface area (Å²) in [6.07, 6.45) is 4.12. The molecule has 1 aliphatic heterocycles. The zero-order valence-corrected chi connectivity index (χ0v) is 12.3. The largest absolute Gasteiger partial charge is 0.405 e. The predicted octanol–water partition coefficient (Wildman–Crippen LogP) is 4.14. The Morgan fingerprint density at radius 2 is 1.82 bits per heavy atom. The van der Waals surface area contributed by atoms with E-state index in [1.807, 2.05) is 0 Å². The number of unbranched alkanes of at least 4 members (excludes halogenated alkanes) is 1. The highest BCUT2D eigenvalue weighted by Gasteiger charge is 2.44. The Morgan fingerprint density at radius 3 is 2.47 bits per heavy atom. The van der Waals surface area contributed by atoms with E-state index in [4.69, 9.17) is 4.43 Å². The molecule has 0 saturated heterocycles. The maximum absolute atomic E-state index is 6.56. The lowest BCUT2D eigenvalue weighted by molar-refractivity contribution is 0.196. The van der Waals surface area contributed by atoms with Gasteiger partial charge >= 0.3 is 0 Å². The Balaban J connectivity index is 2.32. The highest BCUT2D eigenvalue weighted by Crippen LogP contribution is 2.37. The molecule has 0 radical (unpaired) electrons. The molecule has 2 rings (SSSR count). The van der Waals surface area contributed by atoms with Gasteiger partial charge in [0.15, 0.2) is 0 Å². The van der Waals surface area contributed by atoms with E-state index >= 15 is 0 Å². The van der Waals surface area contributed by atoms with Gasteiger partial charge < -0.3 is 4.43 Å². The van der Waals surface area contributed by atoms with Crippen LogP contribution in [0.3, 0.4) is 0 Å². The van der Waals surface area contributed by atoms with Gasteiger partial charge in [-0.1, -0.05) is 57.9 Å². The van der Waals surface area contributed by atoms with Crippen molar-refractivity contribution < 1.29 is 4.43 Å². The van der Waals surface area contributed by atoms with Crippen LogP contribution >= 0.6 is 0 Å². The number of rotatable bonds is 5. The van der Waals surface area contributed by atoms with Crippen molar-refractivity contribution in [2.75, 3.05) is 0 Å². The Labute approximate surface area is 106 Å². The summed E-state index contributed by atoms with van der Waals surface area (Å²) in [6, 6.07) is 11.4. The van der Waals surface area contributed by atoms with Crippen LogP contribution in [-0.4, -0.2) is 8.32 Å². The van der Waals surface area contributed by atoms with Crippen molar-refractivity contribution in [3.05, 3.63) is 29.8 Å². The Morgan fingerprint density at radius 1 is 1.12 bits per heavy atom. The number of hydrogen-bond donors (Lipinski definition) is 0. The van der Waals surface area contributed by atoms with E-state index in [1.165, 1.54) is 36.9 Å². The molecule has 1 aromatic carbocycles. The fourth-order valence-corrected chi connectivity index (χ4v) is 6.68. The second kappa shape index (κ2) is 5.36. The summed E-state index contributed by atoms with van der Waals surface area (Å²) in [5, 5.41) is 1.58. The molecule has 0 fully saturated rings. The topological polar surface area (TPSA) is 9.23 Å². The first kappa shape index (κ1) is 12.8. The maximum atomic E-state index is 6.56. The van der Waals surface area contributed by atoms with Gasteiger partial charge in [0.05, 0.1) is 6.10 Å². The van der Waals surface area contributed by atoms with E-state index in [1.54, 1.807) is 5.19 Å². The first-order chi connectivity index (χ1) is 8.27. The molecular formula is C15H24OSi. The summed E-state index contributed by atoms with van der Waals surface area (Å²) >= 11 is 0. The second-order valence-electron chi connectivity index (χ2n) is 5.04. The van der Waals surface area contributed by atoms with Gasteiger partial charge in [-0.2, -0.15) is 0 Å². The average Bonchev–Trinajstić information content (AvgIpc) is 2.71. The normalized spacial score (nSPS) is 21.5. The minimum Gasteiger partial charge on any atom is -0.405 e. The molecule has 0 aromatic heterocycles. The predicted molar refractivity (Wildman–Crippen MR) is 76.1 cm³/mol. The third kappa shape index (κ3) is 2.21. The third-order valence-corrected chi connectivity index (χ3v) is 8.59. The van der Waals surface area contributed by atoms with Gasteiger partial charge in [0, 0.05) is 0 Å². The van der Waals surface area contributed by atoms with E-state index in [2.05, 4.69) is 45.0 Å². The Kier molecular flexibility index (Phi) is 4.05. The van der Waals surface area contributed by atoms with E-state index < -0.39 is 8.32 Å². The smallest absolute Gasteiger partial charge is 0.224 e. The minimum absolute atomic E-state index is 0.387. The fourth-order valence-electron chi connectivity index (χ4n) is 2.99. The maximum Gasteiger partial charge on any atom is 0.224 e. The number of hydrogen-bond acceptors (Lipinski definition) is 1. The molecule has 94 valence electrons. The molecule has 1 nitrogen and oxygen atoms in total. The molecule has 1 heterocycles. The quantitative estimate of drug-likeness (QED) is 0.712. The van der Waals surface area contributed by atoms with Crippen molar-refractivity contribution in [3.8, 4) is 0 Å². The average molecular weight is 248 g/mol. The van der Waals surface area contributed by atoms with Gasteiger partial charge in [-0.3, -0.25) is 0 Å². The fraction of sp³-hybridized carbons (Fsp3) is 0.600. The molecule has 17 heavy (non-hydrogen) atoms. The van der Waals surface area contributed by atoms with Crippen molar-refractivity contribution in [1.29, 1.82) is 0 Å². The van der Waals surface area contributed by atoms with Gasteiger partial charge in [-0.15, -0.1) is 0 Å². The highest BCUT2D eigenvalue weighted by molar-refractivity contribution is 6.87. The molecule has 0 spiro atoms.